The molecule has 21 heavy (non-hydrogen) atoms. The molecule has 3 unspecified atom stereocenters. The van der Waals surface area contributed by atoms with Gasteiger partial charge >= 0.3 is 0 Å². The molecule has 2 aliphatic rings. The van der Waals surface area contributed by atoms with Gasteiger partial charge in [-0.05, 0) is 25.0 Å². The summed E-state index contributed by atoms with van der Waals surface area (Å²) in [5.41, 5.74) is 0.614. The second-order valence-electron chi connectivity index (χ2n) is 5.74. The van der Waals surface area contributed by atoms with Crippen LogP contribution in [0.5, 0.6) is 0 Å². The highest BCUT2D eigenvalue weighted by Crippen LogP contribution is 2.39. The van der Waals surface area contributed by atoms with Gasteiger partial charge in [-0.3, -0.25) is 9.78 Å². The van der Waals surface area contributed by atoms with Crippen molar-refractivity contribution >= 4 is 5.91 Å². The van der Waals surface area contributed by atoms with Crippen LogP contribution in [0.15, 0.2) is 31.0 Å². The second-order valence-corrected chi connectivity index (χ2v) is 5.74. The minimum Gasteiger partial charge on any atom is -0.374 e. The minimum absolute atomic E-state index is 0.0729. The Kier molecular flexibility index (Phi) is 4.01. The Labute approximate surface area is 123 Å². The van der Waals surface area contributed by atoms with Gasteiger partial charge in [0.25, 0.3) is 0 Å². The van der Waals surface area contributed by atoms with Crippen LogP contribution in [0.25, 0.3) is 0 Å². The second kappa shape index (κ2) is 5.93. The molecule has 0 N–H and O–H groups in total. The molecule has 0 radical (unpaired) electrons. The van der Waals surface area contributed by atoms with Crippen molar-refractivity contribution in [1.82, 2.24) is 9.88 Å². The molecule has 1 aromatic rings. The van der Waals surface area contributed by atoms with Crippen molar-refractivity contribution in [3.05, 3.63) is 42.5 Å². The molecule has 1 saturated heterocycles. The quantitative estimate of drug-likeness (QED) is 0.779. The smallest absolute Gasteiger partial charge is 0.228 e. The summed E-state index contributed by atoms with van der Waals surface area (Å²) in [6, 6.07) is 3.18. The van der Waals surface area contributed by atoms with Crippen molar-refractivity contribution in [2.24, 2.45) is 5.92 Å². The summed E-state index contributed by atoms with van der Waals surface area (Å²) in [5, 5.41) is 0. The number of aromatic nitrogens is 1. The zero-order chi connectivity index (χ0) is 14.8. The molecule has 2 fully saturated rings. The lowest BCUT2D eigenvalue weighted by Crippen LogP contribution is -2.43. The number of carbonyl (C=O) groups excluding carboxylic acids is 1. The number of carbonyl (C=O) groups is 1. The molecule has 4 nitrogen and oxygen atoms in total. The van der Waals surface area contributed by atoms with Gasteiger partial charge in [0.05, 0.1) is 25.3 Å². The van der Waals surface area contributed by atoms with Crippen LogP contribution in [0.4, 0.5) is 4.39 Å². The fraction of sp³-hybridized carbons (Fsp3) is 0.500. The lowest BCUT2D eigenvalue weighted by atomic mass is 10.1. The maximum atomic E-state index is 12.8. The van der Waals surface area contributed by atoms with Crippen molar-refractivity contribution in [1.29, 1.82) is 0 Å². The Balaban J connectivity index is 1.56. The lowest BCUT2D eigenvalue weighted by Gasteiger charge is -2.31. The van der Waals surface area contributed by atoms with Crippen molar-refractivity contribution in [2.45, 2.75) is 31.4 Å². The van der Waals surface area contributed by atoms with E-state index in [1.165, 1.54) is 6.07 Å². The van der Waals surface area contributed by atoms with E-state index in [9.17, 15) is 9.18 Å². The van der Waals surface area contributed by atoms with Gasteiger partial charge in [-0.1, -0.05) is 6.08 Å². The van der Waals surface area contributed by atoms with Gasteiger partial charge in [-0.25, -0.2) is 4.39 Å². The van der Waals surface area contributed by atoms with Crippen LogP contribution in [0.3, 0.4) is 0 Å². The van der Waals surface area contributed by atoms with Gasteiger partial charge in [0, 0.05) is 24.2 Å². The third kappa shape index (κ3) is 2.97. The van der Waals surface area contributed by atoms with E-state index >= 15 is 0 Å². The summed E-state index contributed by atoms with van der Waals surface area (Å²) in [4.78, 5) is 18.2. The average Bonchev–Trinajstić information content (AvgIpc) is 3.07. The standard InChI is InChI=1S/C16H19FN2O2/c1-2-5-21-15-8-14-6-11(15)10-19(14)16(20)7-13-4-3-12(17)9-18-13/h2-4,9,11,14-15H,1,5-8,10H2. The normalized spacial score (nSPS) is 27.1. The molecule has 2 bridgehead atoms. The zero-order valence-corrected chi connectivity index (χ0v) is 11.9. The first-order chi connectivity index (χ1) is 10.2. The van der Waals surface area contributed by atoms with Gasteiger partial charge in [-0.15, -0.1) is 6.58 Å². The highest BCUT2D eigenvalue weighted by atomic mass is 19.1. The SMILES string of the molecule is C=CCOC1CC2CC1CN2C(=O)Cc1ccc(F)cn1. The number of nitrogens with zero attached hydrogens (tertiary/aromatic N) is 2. The molecule has 1 aliphatic carbocycles. The van der Waals surface area contributed by atoms with Crippen LogP contribution < -0.4 is 0 Å². The van der Waals surface area contributed by atoms with Gasteiger partial charge < -0.3 is 9.64 Å². The maximum absolute atomic E-state index is 12.8. The Morgan fingerprint density at radius 3 is 3.00 bits per heavy atom. The molecule has 3 atom stereocenters. The lowest BCUT2D eigenvalue weighted by molar-refractivity contribution is -0.133. The van der Waals surface area contributed by atoms with Gasteiger partial charge in [-0.2, -0.15) is 0 Å². The summed E-state index contributed by atoms with van der Waals surface area (Å²) in [6.45, 7) is 4.98. The van der Waals surface area contributed by atoms with E-state index in [4.69, 9.17) is 4.74 Å². The number of fused-ring (bicyclic) bond motifs is 2. The van der Waals surface area contributed by atoms with Gasteiger partial charge in [0.15, 0.2) is 0 Å². The molecule has 112 valence electrons. The third-order valence-electron chi connectivity index (χ3n) is 4.35. The number of piperidine rings is 1. The van der Waals surface area contributed by atoms with E-state index in [-0.39, 0.29) is 30.3 Å². The van der Waals surface area contributed by atoms with Crippen LogP contribution in [0, 0.1) is 11.7 Å². The van der Waals surface area contributed by atoms with E-state index < -0.39 is 0 Å². The summed E-state index contributed by atoms with van der Waals surface area (Å²) in [7, 11) is 0. The zero-order valence-electron chi connectivity index (χ0n) is 11.9. The fourth-order valence-corrected chi connectivity index (χ4v) is 3.38. The maximum Gasteiger partial charge on any atom is 0.228 e. The Morgan fingerprint density at radius 1 is 1.52 bits per heavy atom. The van der Waals surface area contributed by atoms with Crippen molar-refractivity contribution < 1.29 is 13.9 Å². The molecule has 1 amide bonds. The number of ether oxygens (including phenoxy) is 1. The van der Waals surface area contributed by atoms with Gasteiger partial charge in [0.2, 0.25) is 5.91 Å². The summed E-state index contributed by atoms with van der Waals surface area (Å²) >= 11 is 0. The van der Waals surface area contributed by atoms with Crippen molar-refractivity contribution in [2.75, 3.05) is 13.2 Å². The molecule has 0 spiro atoms. The number of rotatable bonds is 5. The summed E-state index contributed by atoms with van der Waals surface area (Å²) < 4.78 is 18.5. The van der Waals surface area contributed by atoms with Crippen LogP contribution in [0.1, 0.15) is 18.5 Å². The fourth-order valence-electron chi connectivity index (χ4n) is 3.38. The van der Waals surface area contributed by atoms with Crippen LogP contribution in [-0.2, 0) is 16.0 Å². The Morgan fingerprint density at radius 2 is 2.38 bits per heavy atom. The molecule has 1 aromatic heterocycles. The van der Waals surface area contributed by atoms with E-state index in [1.807, 2.05) is 4.90 Å². The highest BCUT2D eigenvalue weighted by molar-refractivity contribution is 5.79. The largest absolute Gasteiger partial charge is 0.374 e. The molecule has 3 rings (SSSR count). The number of amides is 1. The summed E-state index contributed by atoms with van der Waals surface area (Å²) in [5.74, 6) is 0.123. The topological polar surface area (TPSA) is 42.4 Å². The molecular formula is C16H19FN2O2. The third-order valence-corrected chi connectivity index (χ3v) is 4.35. The van der Waals surface area contributed by atoms with E-state index in [0.29, 0.717) is 18.2 Å². The van der Waals surface area contributed by atoms with E-state index in [1.54, 1.807) is 12.1 Å². The summed E-state index contributed by atoms with van der Waals surface area (Å²) in [6.07, 6.45) is 5.32. The van der Waals surface area contributed by atoms with Crippen molar-refractivity contribution in [3.8, 4) is 0 Å². The molecule has 0 aromatic carbocycles. The molecule has 2 heterocycles. The molecule has 1 saturated carbocycles. The number of pyridine rings is 1. The van der Waals surface area contributed by atoms with E-state index in [2.05, 4.69) is 11.6 Å². The first-order valence-corrected chi connectivity index (χ1v) is 7.29. The molecule has 5 heteroatoms. The van der Waals surface area contributed by atoms with Crippen LogP contribution >= 0.6 is 0 Å². The number of hydrogen-bond donors (Lipinski definition) is 0. The van der Waals surface area contributed by atoms with Crippen LogP contribution in [0.2, 0.25) is 0 Å². The number of halogens is 1. The molecule has 1 aliphatic heterocycles. The predicted molar refractivity (Wildman–Crippen MR) is 76.1 cm³/mol. The Hall–Kier alpha value is -1.75. The van der Waals surface area contributed by atoms with E-state index in [0.717, 1.165) is 25.6 Å². The minimum atomic E-state index is -0.381. The van der Waals surface area contributed by atoms with Gasteiger partial charge in [0.1, 0.15) is 5.82 Å². The number of hydrogen-bond acceptors (Lipinski definition) is 3. The number of likely N-dealkylation sites (tertiary alicyclic amines) is 1. The first kappa shape index (κ1) is 14.2. The monoisotopic (exact) mass is 290 g/mol. The Bertz CT molecular complexity index is 532. The first-order valence-electron chi connectivity index (χ1n) is 7.29. The predicted octanol–water partition coefficient (Wildman–Crippen LogP) is 1.96. The van der Waals surface area contributed by atoms with Crippen molar-refractivity contribution in [3.63, 3.8) is 0 Å². The average molecular weight is 290 g/mol. The highest BCUT2D eigenvalue weighted by Gasteiger charge is 2.46. The van der Waals surface area contributed by atoms with Crippen LogP contribution in [-0.4, -0.2) is 41.1 Å². The molecular weight excluding hydrogens is 271 g/mol.